The number of esters is 1. The van der Waals surface area contributed by atoms with Crippen LogP contribution in [0.15, 0.2) is 0 Å². The fraction of sp³-hybridized carbons (Fsp3) is 0.917. The summed E-state index contributed by atoms with van der Waals surface area (Å²) in [6.45, 7) is 4.97. The van der Waals surface area contributed by atoms with E-state index in [1.54, 1.807) is 0 Å². The smallest absolute Gasteiger partial charge is 0.306 e. The van der Waals surface area contributed by atoms with E-state index in [-0.39, 0.29) is 11.5 Å². The van der Waals surface area contributed by atoms with Gasteiger partial charge in [-0.2, -0.15) is 0 Å². The van der Waals surface area contributed by atoms with Gasteiger partial charge in [-0.1, -0.05) is 0 Å². The number of rotatable bonds is 3. The summed E-state index contributed by atoms with van der Waals surface area (Å²) in [6.07, 6.45) is 3.80. The number of nitrogens with one attached hydrogen (secondary N) is 1. The van der Waals surface area contributed by atoms with Gasteiger partial charge in [0.1, 0.15) is 0 Å². The van der Waals surface area contributed by atoms with Crippen molar-refractivity contribution < 1.29 is 14.3 Å². The van der Waals surface area contributed by atoms with Crippen LogP contribution in [0, 0.1) is 5.92 Å². The molecule has 0 saturated carbocycles. The second-order valence-electron chi connectivity index (χ2n) is 4.85. The molecular formula is C12H21NO3. The molecule has 0 amide bonds. The molecule has 0 radical (unpaired) electrons. The molecule has 0 aromatic rings. The Labute approximate surface area is 96.7 Å². The minimum atomic E-state index is -0.0570. The van der Waals surface area contributed by atoms with Gasteiger partial charge in [-0.05, 0) is 38.6 Å². The van der Waals surface area contributed by atoms with E-state index >= 15 is 0 Å². The molecule has 1 spiro atoms. The molecule has 4 heteroatoms. The minimum Gasteiger partial charge on any atom is -0.466 e. The minimum absolute atomic E-state index is 0.0570. The van der Waals surface area contributed by atoms with Crippen molar-refractivity contribution >= 4 is 5.97 Å². The van der Waals surface area contributed by atoms with E-state index in [4.69, 9.17) is 9.47 Å². The van der Waals surface area contributed by atoms with Gasteiger partial charge >= 0.3 is 5.97 Å². The summed E-state index contributed by atoms with van der Waals surface area (Å²) in [4.78, 5) is 11.4. The highest BCUT2D eigenvalue weighted by molar-refractivity contribution is 5.69. The Hall–Kier alpha value is -0.610. The average molecular weight is 227 g/mol. The van der Waals surface area contributed by atoms with Crippen LogP contribution in [0.25, 0.3) is 0 Å². The zero-order valence-electron chi connectivity index (χ0n) is 9.96. The van der Waals surface area contributed by atoms with Crippen LogP contribution in [0.4, 0.5) is 0 Å². The Morgan fingerprint density at radius 2 is 2.25 bits per heavy atom. The third-order valence-corrected chi connectivity index (χ3v) is 3.66. The van der Waals surface area contributed by atoms with E-state index in [0.29, 0.717) is 18.9 Å². The van der Waals surface area contributed by atoms with Crippen molar-refractivity contribution in [3.05, 3.63) is 0 Å². The Morgan fingerprint density at radius 3 is 2.94 bits per heavy atom. The Bertz CT molecular complexity index is 249. The lowest BCUT2D eigenvalue weighted by Gasteiger charge is -2.33. The van der Waals surface area contributed by atoms with Gasteiger partial charge in [-0.15, -0.1) is 0 Å². The van der Waals surface area contributed by atoms with Crippen molar-refractivity contribution in [3.8, 4) is 0 Å². The Kier molecular flexibility index (Phi) is 3.82. The van der Waals surface area contributed by atoms with Gasteiger partial charge in [-0.3, -0.25) is 4.79 Å². The van der Waals surface area contributed by atoms with Crippen LogP contribution in [-0.2, 0) is 14.3 Å². The molecule has 2 fully saturated rings. The van der Waals surface area contributed by atoms with Crippen molar-refractivity contribution in [2.75, 3.05) is 26.4 Å². The van der Waals surface area contributed by atoms with E-state index in [0.717, 1.165) is 39.0 Å². The Morgan fingerprint density at radius 1 is 1.50 bits per heavy atom. The molecule has 0 bridgehead atoms. The monoisotopic (exact) mass is 227 g/mol. The molecule has 16 heavy (non-hydrogen) atoms. The van der Waals surface area contributed by atoms with Crippen LogP contribution in [0.5, 0.6) is 0 Å². The molecule has 2 aliphatic heterocycles. The van der Waals surface area contributed by atoms with E-state index in [1.165, 1.54) is 0 Å². The molecule has 92 valence electrons. The third kappa shape index (κ3) is 2.74. The summed E-state index contributed by atoms with van der Waals surface area (Å²) in [5, 5.41) is 3.58. The topological polar surface area (TPSA) is 47.6 Å². The highest BCUT2D eigenvalue weighted by Gasteiger charge is 2.40. The highest BCUT2D eigenvalue weighted by atomic mass is 16.5. The fourth-order valence-corrected chi connectivity index (χ4v) is 2.80. The van der Waals surface area contributed by atoms with Crippen LogP contribution >= 0.6 is 0 Å². The van der Waals surface area contributed by atoms with Crippen molar-refractivity contribution in [3.63, 3.8) is 0 Å². The molecule has 2 rings (SSSR count). The van der Waals surface area contributed by atoms with Crippen LogP contribution in [0.1, 0.15) is 32.6 Å². The molecule has 1 N–H and O–H groups in total. The van der Waals surface area contributed by atoms with E-state index in [2.05, 4.69) is 5.32 Å². The maximum atomic E-state index is 11.4. The van der Waals surface area contributed by atoms with Gasteiger partial charge in [0, 0.05) is 25.2 Å². The number of hydrogen-bond donors (Lipinski definition) is 1. The lowest BCUT2D eigenvalue weighted by molar-refractivity contribution is -0.144. The SMILES string of the molecule is CCOC(=O)CC1CNC2(CCOCC2)C1. The number of carbonyl (C=O) groups excluding carboxylic acids is 1. The largest absolute Gasteiger partial charge is 0.466 e. The van der Waals surface area contributed by atoms with Gasteiger partial charge in [0.05, 0.1) is 6.61 Å². The predicted octanol–water partition coefficient (Wildman–Crippen LogP) is 1.10. The van der Waals surface area contributed by atoms with Crippen molar-refractivity contribution in [1.29, 1.82) is 0 Å². The summed E-state index contributed by atoms with van der Waals surface area (Å²) >= 11 is 0. The molecule has 4 nitrogen and oxygen atoms in total. The maximum Gasteiger partial charge on any atom is 0.306 e. The van der Waals surface area contributed by atoms with Crippen LogP contribution < -0.4 is 5.32 Å². The van der Waals surface area contributed by atoms with Gasteiger partial charge in [-0.25, -0.2) is 0 Å². The van der Waals surface area contributed by atoms with Crippen LogP contribution in [0.3, 0.4) is 0 Å². The lowest BCUT2D eigenvalue weighted by Crippen LogP contribution is -2.44. The first kappa shape index (κ1) is 11.9. The summed E-state index contributed by atoms with van der Waals surface area (Å²) in [5.74, 6) is 0.385. The second-order valence-corrected chi connectivity index (χ2v) is 4.85. The zero-order valence-corrected chi connectivity index (χ0v) is 9.96. The first-order chi connectivity index (χ1) is 7.74. The zero-order chi connectivity index (χ0) is 11.4. The molecule has 1 unspecified atom stereocenters. The molecule has 2 aliphatic rings. The fourth-order valence-electron chi connectivity index (χ4n) is 2.80. The maximum absolute atomic E-state index is 11.4. The summed E-state index contributed by atoms with van der Waals surface area (Å²) in [5.41, 5.74) is 0.245. The first-order valence-electron chi connectivity index (χ1n) is 6.22. The number of carbonyl (C=O) groups is 1. The second kappa shape index (κ2) is 5.15. The van der Waals surface area contributed by atoms with Crippen molar-refractivity contribution in [1.82, 2.24) is 5.32 Å². The van der Waals surface area contributed by atoms with Crippen molar-refractivity contribution in [2.24, 2.45) is 5.92 Å². The summed E-state index contributed by atoms with van der Waals surface area (Å²) in [7, 11) is 0. The first-order valence-corrected chi connectivity index (χ1v) is 6.22. The molecule has 2 saturated heterocycles. The summed E-state index contributed by atoms with van der Waals surface area (Å²) < 4.78 is 10.4. The molecule has 2 heterocycles. The van der Waals surface area contributed by atoms with Gasteiger partial charge in [0.25, 0.3) is 0 Å². The molecule has 0 aromatic heterocycles. The summed E-state index contributed by atoms with van der Waals surface area (Å²) in [6, 6.07) is 0. The van der Waals surface area contributed by atoms with E-state index in [1.807, 2.05) is 6.92 Å². The normalized spacial score (nSPS) is 28.2. The molecule has 1 atom stereocenters. The molecule has 0 aromatic carbocycles. The highest BCUT2D eigenvalue weighted by Crippen LogP contribution is 2.34. The van der Waals surface area contributed by atoms with Gasteiger partial charge < -0.3 is 14.8 Å². The predicted molar refractivity (Wildman–Crippen MR) is 60.1 cm³/mol. The van der Waals surface area contributed by atoms with Gasteiger partial charge in [0.2, 0.25) is 0 Å². The third-order valence-electron chi connectivity index (χ3n) is 3.66. The number of ether oxygens (including phenoxy) is 2. The van der Waals surface area contributed by atoms with E-state index in [9.17, 15) is 4.79 Å². The number of hydrogen-bond acceptors (Lipinski definition) is 4. The van der Waals surface area contributed by atoms with Gasteiger partial charge in [0.15, 0.2) is 0 Å². The van der Waals surface area contributed by atoms with E-state index < -0.39 is 0 Å². The standard InChI is InChI=1S/C12H21NO3/c1-2-16-11(14)7-10-8-12(13-9-10)3-5-15-6-4-12/h10,13H,2-9H2,1H3. The lowest BCUT2D eigenvalue weighted by atomic mass is 9.85. The van der Waals surface area contributed by atoms with Crippen LogP contribution in [-0.4, -0.2) is 37.9 Å². The quantitative estimate of drug-likeness (QED) is 0.733. The molecule has 0 aliphatic carbocycles. The van der Waals surface area contributed by atoms with Crippen molar-refractivity contribution in [2.45, 2.75) is 38.1 Å². The average Bonchev–Trinajstić information content (AvgIpc) is 2.63. The van der Waals surface area contributed by atoms with Crippen LogP contribution in [0.2, 0.25) is 0 Å². The molecular weight excluding hydrogens is 206 g/mol. The Balaban J connectivity index is 1.80.